The molecule has 0 aliphatic carbocycles. The summed E-state index contributed by atoms with van der Waals surface area (Å²) in [6, 6.07) is 10.2. The van der Waals surface area contributed by atoms with Gasteiger partial charge in [-0.15, -0.1) is 0 Å². The minimum absolute atomic E-state index is 0.142. The molecule has 166 valence electrons. The van der Waals surface area contributed by atoms with Gasteiger partial charge in [0.2, 0.25) is 6.29 Å². The maximum absolute atomic E-state index is 13.3. The molecule has 3 aromatic rings. The smallest absolute Gasteiger partial charge is 0.269 e. The summed E-state index contributed by atoms with van der Waals surface area (Å²) >= 11 is 36.5. The highest BCUT2D eigenvalue weighted by Gasteiger charge is 2.39. The number of anilines is 1. The molecule has 0 spiro atoms. The second-order valence-corrected chi connectivity index (χ2v) is 10.3. The molecule has 2 aromatic carbocycles. The van der Waals surface area contributed by atoms with Crippen molar-refractivity contribution in [1.82, 2.24) is 15.2 Å². The Morgan fingerprint density at radius 1 is 0.939 bits per heavy atom. The molecule has 6 nitrogen and oxygen atoms in total. The van der Waals surface area contributed by atoms with Crippen molar-refractivity contribution >= 4 is 104 Å². The van der Waals surface area contributed by atoms with Gasteiger partial charge in [0.25, 0.3) is 5.91 Å². The highest BCUT2D eigenvalue weighted by molar-refractivity contribution is 7.80. The van der Waals surface area contributed by atoms with Crippen LogP contribution in [0.25, 0.3) is 10.6 Å². The third-order valence-corrected chi connectivity index (χ3v) is 7.95. The van der Waals surface area contributed by atoms with Crippen LogP contribution in [-0.4, -0.2) is 33.0 Å². The minimum Gasteiger partial charge on any atom is -0.337 e. The van der Waals surface area contributed by atoms with Crippen molar-refractivity contribution in [1.29, 1.82) is 0 Å². The Kier molecular flexibility index (Phi) is 6.07. The summed E-state index contributed by atoms with van der Waals surface area (Å²) in [7, 11) is 0. The van der Waals surface area contributed by atoms with E-state index in [-0.39, 0.29) is 15.3 Å². The Balaban J connectivity index is 1.58. The molecule has 13 heteroatoms. The van der Waals surface area contributed by atoms with E-state index in [9.17, 15) is 4.79 Å². The molecule has 1 aromatic heterocycles. The average Bonchev–Trinajstić information content (AvgIpc) is 2.76. The van der Waals surface area contributed by atoms with Crippen LogP contribution in [0.1, 0.15) is 15.9 Å². The topological polar surface area (TPSA) is 69.6 Å². The van der Waals surface area contributed by atoms with Gasteiger partial charge in [0.1, 0.15) is 26.0 Å². The van der Waals surface area contributed by atoms with Gasteiger partial charge in [-0.05, 0) is 42.5 Å². The number of fused-ring (bicyclic) bond motifs is 2. The summed E-state index contributed by atoms with van der Waals surface area (Å²) in [6.07, 6.45) is -0.780. The summed E-state index contributed by atoms with van der Waals surface area (Å²) in [5.74, 6) is 0.0588. The molecule has 1 unspecified atom stereocenters. The standard InChI is InChI=1S/C20H9Cl4N5OS3/c21-9-3-1-7(5-11(9)23)14-25-19-28-17-13(18(30)29(19)20(32)26-14)15(31)27-16(33-17)8-2-4-10(22)12(24)6-8/h1-6,19,28H,(H,25,26,32). The summed E-state index contributed by atoms with van der Waals surface area (Å²) in [4.78, 5) is 23.7. The van der Waals surface area contributed by atoms with Crippen molar-refractivity contribution in [3.63, 3.8) is 0 Å². The van der Waals surface area contributed by atoms with Crippen LogP contribution in [0.3, 0.4) is 0 Å². The van der Waals surface area contributed by atoms with Gasteiger partial charge in [-0.3, -0.25) is 4.79 Å². The van der Waals surface area contributed by atoms with E-state index in [1.54, 1.807) is 36.4 Å². The summed E-state index contributed by atoms with van der Waals surface area (Å²) in [5.41, 5.74) is 1.65. The highest BCUT2D eigenvalue weighted by atomic mass is 35.5. The zero-order valence-corrected chi connectivity index (χ0v) is 21.5. The molecular formula is C20H9Cl4N5OS3. The Morgan fingerprint density at radius 2 is 1.58 bits per heavy atom. The van der Waals surface area contributed by atoms with Crippen molar-refractivity contribution in [2.75, 3.05) is 5.32 Å². The summed E-state index contributed by atoms with van der Waals surface area (Å²) in [5, 5.41) is 9.12. The van der Waals surface area contributed by atoms with Gasteiger partial charge in [-0.25, -0.2) is 14.9 Å². The monoisotopic (exact) mass is 571 g/mol. The van der Waals surface area contributed by atoms with Crippen LogP contribution >= 0.6 is 82.2 Å². The van der Waals surface area contributed by atoms with Crippen LogP contribution in [0, 0.1) is 4.64 Å². The minimum atomic E-state index is -0.780. The molecule has 0 saturated carbocycles. The molecule has 1 amide bonds. The zero-order chi connectivity index (χ0) is 23.4. The molecule has 0 bridgehead atoms. The lowest BCUT2D eigenvalue weighted by molar-refractivity contribution is 0.0804. The molecule has 0 saturated heterocycles. The number of carbonyl (C=O) groups excluding carboxylic acids is 1. The van der Waals surface area contributed by atoms with Crippen molar-refractivity contribution < 1.29 is 4.79 Å². The van der Waals surface area contributed by atoms with Crippen molar-refractivity contribution in [3.8, 4) is 10.6 Å². The average molecular weight is 573 g/mol. The van der Waals surface area contributed by atoms with Crippen molar-refractivity contribution in [2.45, 2.75) is 6.29 Å². The van der Waals surface area contributed by atoms with Crippen molar-refractivity contribution in [3.05, 3.63) is 72.3 Å². The number of aromatic nitrogens is 1. The van der Waals surface area contributed by atoms with Crippen LogP contribution in [0.4, 0.5) is 5.00 Å². The number of hydrogen-bond donors (Lipinski definition) is 2. The summed E-state index contributed by atoms with van der Waals surface area (Å²) in [6.45, 7) is 0. The fourth-order valence-corrected chi connectivity index (χ4v) is 5.58. The number of carbonyl (C=O) groups is 1. The lowest BCUT2D eigenvalue weighted by atomic mass is 10.2. The first-order valence-corrected chi connectivity index (χ1v) is 12.3. The number of halogens is 4. The normalized spacial score (nSPS) is 17.0. The first-order chi connectivity index (χ1) is 15.7. The lowest BCUT2D eigenvalue weighted by Crippen LogP contribution is -2.59. The third kappa shape index (κ3) is 4.12. The molecule has 1 atom stereocenters. The van der Waals surface area contributed by atoms with Crippen LogP contribution in [0.5, 0.6) is 0 Å². The number of amides is 1. The molecule has 2 N–H and O–H groups in total. The van der Waals surface area contributed by atoms with Crippen LogP contribution in [0.2, 0.25) is 20.1 Å². The lowest BCUT2D eigenvalue weighted by Gasteiger charge is -2.38. The first kappa shape index (κ1) is 22.9. The van der Waals surface area contributed by atoms with E-state index in [0.717, 1.165) is 5.56 Å². The van der Waals surface area contributed by atoms with E-state index in [2.05, 4.69) is 20.6 Å². The molecular weight excluding hydrogens is 564 g/mol. The van der Waals surface area contributed by atoms with Crippen LogP contribution in [-0.2, 0) is 0 Å². The number of benzene rings is 2. The van der Waals surface area contributed by atoms with Gasteiger partial charge in [0.05, 0.1) is 20.1 Å². The predicted octanol–water partition coefficient (Wildman–Crippen LogP) is 6.64. The zero-order valence-electron chi connectivity index (χ0n) is 16.0. The highest BCUT2D eigenvalue weighted by Crippen LogP contribution is 2.37. The molecule has 0 radical (unpaired) electrons. The largest absolute Gasteiger partial charge is 0.337 e. The Morgan fingerprint density at radius 3 is 2.24 bits per heavy atom. The van der Waals surface area contributed by atoms with Gasteiger partial charge in [0.15, 0.2) is 5.11 Å². The van der Waals surface area contributed by atoms with Gasteiger partial charge in [-0.1, -0.05) is 76.0 Å². The van der Waals surface area contributed by atoms with Crippen LogP contribution < -0.4 is 10.6 Å². The Labute approximate surface area is 222 Å². The number of thiocarbonyl (C=S) groups is 1. The van der Waals surface area contributed by atoms with E-state index in [1.165, 1.54) is 16.2 Å². The van der Waals surface area contributed by atoms with Gasteiger partial charge >= 0.3 is 0 Å². The van der Waals surface area contributed by atoms with Gasteiger partial charge in [0, 0.05) is 11.1 Å². The van der Waals surface area contributed by atoms with E-state index in [4.69, 9.17) is 70.8 Å². The van der Waals surface area contributed by atoms with E-state index in [0.29, 0.717) is 41.5 Å². The Hall–Kier alpha value is -1.85. The third-order valence-electron chi connectivity index (χ3n) is 4.84. The second-order valence-electron chi connectivity index (χ2n) is 6.89. The van der Waals surface area contributed by atoms with Crippen molar-refractivity contribution in [2.24, 2.45) is 4.99 Å². The summed E-state index contributed by atoms with van der Waals surface area (Å²) < 4.78 is 0.142. The molecule has 2 aliphatic rings. The van der Waals surface area contributed by atoms with E-state index in [1.807, 2.05) is 0 Å². The van der Waals surface area contributed by atoms with E-state index < -0.39 is 12.2 Å². The molecule has 3 heterocycles. The van der Waals surface area contributed by atoms with Gasteiger partial charge in [-0.2, -0.15) is 0 Å². The fraction of sp³-hybridized carbons (Fsp3) is 0.0500. The molecule has 2 aliphatic heterocycles. The molecule has 5 rings (SSSR count). The quantitative estimate of drug-likeness (QED) is 0.335. The fourth-order valence-electron chi connectivity index (χ4n) is 3.27. The maximum atomic E-state index is 13.3. The number of rotatable bonds is 2. The number of hydrogen-bond acceptors (Lipinski definition) is 7. The predicted molar refractivity (Wildman–Crippen MR) is 141 cm³/mol. The number of amidine groups is 1. The maximum Gasteiger partial charge on any atom is 0.269 e. The first-order valence-electron chi connectivity index (χ1n) is 9.18. The van der Waals surface area contributed by atoms with Crippen LogP contribution in [0.15, 0.2) is 41.4 Å². The molecule has 0 fully saturated rings. The Bertz CT molecular complexity index is 1460. The second kappa shape index (κ2) is 8.74. The SMILES string of the molecule is O=C1c2c(sc(-c3ccc(Cl)c(Cl)c3)nc2=S)NC2N=C(c3ccc(Cl)c(Cl)c3)NC(=S)N12. The molecule has 33 heavy (non-hydrogen) atoms. The van der Waals surface area contributed by atoms with E-state index >= 15 is 0 Å². The van der Waals surface area contributed by atoms with Gasteiger partial charge < -0.3 is 10.6 Å². The number of nitrogens with one attached hydrogen (secondary N) is 2. The number of nitrogens with zero attached hydrogens (tertiary/aromatic N) is 3. The number of aliphatic imine (C=N–C) groups is 1.